The summed E-state index contributed by atoms with van der Waals surface area (Å²) >= 11 is 0. The third-order valence-electron chi connectivity index (χ3n) is 3.55. The molecule has 88 valence electrons. The van der Waals surface area contributed by atoms with Gasteiger partial charge in [-0.3, -0.25) is 0 Å². The Bertz CT molecular complexity index is 200. The molecule has 15 heavy (non-hydrogen) atoms. The zero-order valence-electron chi connectivity index (χ0n) is 9.74. The molecule has 3 nitrogen and oxygen atoms in total. The van der Waals surface area contributed by atoms with Gasteiger partial charge in [-0.05, 0) is 45.6 Å². The number of hydrogen-bond donors (Lipinski definition) is 1. The van der Waals surface area contributed by atoms with Crippen LogP contribution < -0.4 is 0 Å². The van der Waals surface area contributed by atoms with Crippen LogP contribution in [0.15, 0.2) is 0 Å². The van der Waals surface area contributed by atoms with Crippen LogP contribution in [0.3, 0.4) is 0 Å². The predicted octanol–water partition coefficient (Wildman–Crippen LogP) is 1.40. The summed E-state index contributed by atoms with van der Waals surface area (Å²) in [6.45, 7) is 5.96. The van der Waals surface area contributed by atoms with E-state index in [1.165, 1.54) is 12.8 Å². The standard InChI is InChI=1S/C12H23NO2/c1-12(14)6-3-7-13(10-12)8-5-11-4-2-9-15-11/h11,14H,2-10H2,1H3. The van der Waals surface area contributed by atoms with Gasteiger partial charge in [-0.1, -0.05) is 0 Å². The molecule has 3 heteroatoms. The van der Waals surface area contributed by atoms with Crippen LogP contribution in [0.1, 0.15) is 39.0 Å². The maximum atomic E-state index is 9.96. The molecule has 0 aliphatic carbocycles. The Hall–Kier alpha value is -0.120. The zero-order chi connectivity index (χ0) is 10.7. The van der Waals surface area contributed by atoms with Crippen LogP contribution in [0.5, 0.6) is 0 Å². The van der Waals surface area contributed by atoms with Crippen LogP contribution in [-0.2, 0) is 4.74 Å². The molecule has 0 aromatic heterocycles. The largest absolute Gasteiger partial charge is 0.389 e. The molecular weight excluding hydrogens is 190 g/mol. The zero-order valence-corrected chi connectivity index (χ0v) is 9.74. The minimum absolute atomic E-state index is 0.464. The summed E-state index contributed by atoms with van der Waals surface area (Å²) in [5.41, 5.74) is -0.464. The fourth-order valence-electron chi connectivity index (χ4n) is 2.71. The second-order valence-electron chi connectivity index (χ2n) is 5.30. The SMILES string of the molecule is CC1(O)CCCN(CCC2CCCO2)C1. The van der Waals surface area contributed by atoms with Crippen LogP contribution in [0.2, 0.25) is 0 Å². The Labute approximate surface area is 92.4 Å². The molecule has 2 unspecified atom stereocenters. The van der Waals surface area contributed by atoms with E-state index >= 15 is 0 Å². The molecule has 0 aromatic rings. The molecular formula is C12H23NO2. The summed E-state index contributed by atoms with van der Waals surface area (Å²) in [5, 5.41) is 9.96. The van der Waals surface area contributed by atoms with Crippen molar-refractivity contribution in [2.45, 2.75) is 50.7 Å². The number of aliphatic hydroxyl groups is 1. The van der Waals surface area contributed by atoms with E-state index in [0.717, 1.165) is 45.5 Å². The predicted molar refractivity (Wildman–Crippen MR) is 59.9 cm³/mol. The van der Waals surface area contributed by atoms with E-state index in [1.54, 1.807) is 0 Å². The molecule has 0 saturated carbocycles. The van der Waals surface area contributed by atoms with Gasteiger partial charge in [0.25, 0.3) is 0 Å². The Morgan fingerprint density at radius 2 is 2.33 bits per heavy atom. The third-order valence-corrected chi connectivity index (χ3v) is 3.55. The number of β-amino-alcohol motifs (C(OH)–C–C–N with tert-alkyl or cyclic N) is 1. The first-order chi connectivity index (χ1) is 7.16. The summed E-state index contributed by atoms with van der Waals surface area (Å²) < 4.78 is 5.61. The third kappa shape index (κ3) is 3.44. The maximum absolute atomic E-state index is 9.96. The van der Waals surface area contributed by atoms with E-state index in [1.807, 2.05) is 6.92 Å². The van der Waals surface area contributed by atoms with Crippen LogP contribution in [0.4, 0.5) is 0 Å². The molecule has 2 aliphatic rings. The number of hydrogen-bond acceptors (Lipinski definition) is 3. The van der Waals surface area contributed by atoms with Gasteiger partial charge in [0.2, 0.25) is 0 Å². The van der Waals surface area contributed by atoms with Gasteiger partial charge in [0.05, 0.1) is 11.7 Å². The number of ether oxygens (including phenoxy) is 1. The van der Waals surface area contributed by atoms with Crippen LogP contribution >= 0.6 is 0 Å². The van der Waals surface area contributed by atoms with Crippen LogP contribution in [0.25, 0.3) is 0 Å². The Morgan fingerprint density at radius 1 is 1.47 bits per heavy atom. The fourth-order valence-corrected chi connectivity index (χ4v) is 2.71. The lowest BCUT2D eigenvalue weighted by molar-refractivity contribution is -0.0200. The normalized spacial score (nSPS) is 38.4. The highest BCUT2D eigenvalue weighted by atomic mass is 16.5. The first-order valence-electron chi connectivity index (χ1n) is 6.22. The molecule has 1 N–H and O–H groups in total. The molecule has 2 rings (SSSR count). The van der Waals surface area contributed by atoms with Crippen molar-refractivity contribution in [3.05, 3.63) is 0 Å². The summed E-state index contributed by atoms with van der Waals surface area (Å²) in [5.74, 6) is 0. The Kier molecular flexibility index (Phi) is 3.65. The van der Waals surface area contributed by atoms with Crippen molar-refractivity contribution < 1.29 is 9.84 Å². The van der Waals surface area contributed by atoms with Gasteiger partial charge < -0.3 is 14.7 Å². The van der Waals surface area contributed by atoms with Crippen molar-refractivity contribution in [1.82, 2.24) is 4.90 Å². The Balaban J connectivity index is 1.69. The summed E-state index contributed by atoms with van der Waals surface area (Å²) in [6, 6.07) is 0. The van der Waals surface area contributed by atoms with Gasteiger partial charge >= 0.3 is 0 Å². The highest BCUT2D eigenvalue weighted by Gasteiger charge is 2.28. The first kappa shape index (κ1) is 11.4. The molecule has 0 radical (unpaired) electrons. The highest BCUT2D eigenvalue weighted by molar-refractivity contribution is 4.83. The van der Waals surface area contributed by atoms with Crippen molar-refractivity contribution in [3.8, 4) is 0 Å². The topological polar surface area (TPSA) is 32.7 Å². The lowest BCUT2D eigenvalue weighted by Gasteiger charge is -2.37. The first-order valence-corrected chi connectivity index (χ1v) is 6.22. The molecule has 2 fully saturated rings. The lowest BCUT2D eigenvalue weighted by atomic mass is 9.95. The molecule has 2 aliphatic heterocycles. The number of rotatable bonds is 3. The summed E-state index contributed by atoms with van der Waals surface area (Å²) in [6.07, 6.45) is 6.14. The molecule has 2 heterocycles. The smallest absolute Gasteiger partial charge is 0.0746 e. The number of nitrogens with zero attached hydrogens (tertiary/aromatic N) is 1. The maximum Gasteiger partial charge on any atom is 0.0746 e. The van der Waals surface area contributed by atoms with Crippen molar-refractivity contribution in [2.75, 3.05) is 26.2 Å². The molecule has 2 saturated heterocycles. The lowest BCUT2D eigenvalue weighted by Crippen LogP contribution is -2.46. The molecule has 2 atom stereocenters. The van der Waals surface area contributed by atoms with Crippen molar-refractivity contribution >= 4 is 0 Å². The van der Waals surface area contributed by atoms with E-state index in [2.05, 4.69) is 4.90 Å². The number of likely N-dealkylation sites (tertiary alicyclic amines) is 1. The average molecular weight is 213 g/mol. The second kappa shape index (κ2) is 4.81. The van der Waals surface area contributed by atoms with Gasteiger partial charge in [0, 0.05) is 19.7 Å². The molecule has 0 aromatic carbocycles. The minimum Gasteiger partial charge on any atom is -0.389 e. The van der Waals surface area contributed by atoms with E-state index < -0.39 is 5.60 Å². The molecule has 0 amide bonds. The van der Waals surface area contributed by atoms with E-state index in [9.17, 15) is 5.11 Å². The van der Waals surface area contributed by atoms with E-state index in [0.29, 0.717) is 6.10 Å². The van der Waals surface area contributed by atoms with Crippen molar-refractivity contribution in [3.63, 3.8) is 0 Å². The quantitative estimate of drug-likeness (QED) is 0.769. The van der Waals surface area contributed by atoms with Gasteiger partial charge in [0.1, 0.15) is 0 Å². The van der Waals surface area contributed by atoms with Crippen molar-refractivity contribution in [1.29, 1.82) is 0 Å². The second-order valence-corrected chi connectivity index (χ2v) is 5.30. The minimum atomic E-state index is -0.464. The monoisotopic (exact) mass is 213 g/mol. The Morgan fingerprint density at radius 3 is 3.00 bits per heavy atom. The summed E-state index contributed by atoms with van der Waals surface area (Å²) in [4.78, 5) is 2.38. The van der Waals surface area contributed by atoms with E-state index in [-0.39, 0.29) is 0 Å². The van der Waals surface area contributed by atoms with Gasteiger partial charge in [0.15, 0.2) is 0 Å². The highest BCUT2D eigenvalue weighted by Crippen LogP contribution is 2.22. The average Bonchev–Trinajstić information content (AvgIpc) is 2.65. The van der Waals surface area contributed by atoms with Crippen molar-refractivity contribution in [2.24, 2.45) is 0 Å². The van der Waals surface area contributed by atoms with E-state index in [4.69, 9.17) is 4.74 Å². The van der Waals surface area contributed by atoms with Gasteiger partial charge in [-0.2, -0.15) is 0 Å². The van der Waals surface area contributed by atoms with Crippen LogP contribution in [-0.4, -0.2) is 48.0 Å². The fraction of sp³-hybridized carbons (Fsp3) is 1.00. The molecule has 0 spiro atoms. The van der Waals surface area contributed by atoms with Gasteiger partial charge in [-0.25, -0.2) is 0 Å². The van der Waals surface area contributed by atoms with Gasteiger partial charge in [-0.15, -0.1) is 0 Å². The van der Waals surface area contributed by atoms with Crippen LogP contribution in [0, 0.1) is 0 Å². The number of piperidine rings is 1. The summed E-state index contributed by atoms with van der Waals surface area (Å²) in [7, 11) is 0. The molecule has 0 bridgehead atoms.